The number of sulfonamides is 1. The summed E-state index contributed by atoms with van der Waals surface area (Å²) in [7, 11) is -1.97. The second-order valence-corrected chi connectivity index (χ2v) is 8.85. The van der Waals surface area contributed by atoms with Gasteiger partial charge in [-0.1, -0.05) is 31.5 Å². The molecule has 0 aliphatic heterocycles. The minimum atomic E-state index is -3.64. The van der Waals surface area contributed by atoms with Crippen molar-refractivity contribution >= 4 is 38.9 Å². The number of carbonyl (C=O) groups excluding carboxylic acids is 1. The van der Waals surface area contributed by atoms with Crippen LogP contribution in [-0.2, 0) is 16.6 Å². The highest BCUT2D eigenvalue weighted by Crippen LogP contribution is 2.24. The number of hydrogen-bond acceptors (Lipinski definition) is 4. The van der Waals surface area contributed by atoms with Crippen molar-refractivity contribution in [3.05, 3.63) is 51.2 Å². The van der Waals surface area contributed by atoms with Crippen LogP contribution in [0.3, 0.4) is 0 Å². The molecule has 1 aromatic heterocycles. The maximum absolute atomic E-state index is 12.7. The summed E-state index contributed by atoms with van der Waals surface area (Å²) in [4.78, 5) is 15.4. The summed E-state index contributed by atoms with van der Waals surface area (Å²) in [6.45, 7) is 4.72. The van der Waals surface area contributed by atoms with Crippen molar-refractivity contribution in [1.29, 1.82) is 0 Å². The fourth-order valence-electron chi connectivity index (χ4n) is 2.46. The molecule has 2 rings (SSSR count). The molecule has 1 aromatic carbocycles. The normalized spacial score (nSPS) is 11.7. The molecular weight excluding hydrogens is 380 g/mol. The van der Waals surface area contributed by atoms with E-state index in [1.54, 1.807) is 32.2 Å². The molecule has 0 saturated heterocycles. The average Bonchev–Trinajstić information content (AvgIpc) is 3.08. The molecular formula is C17H21ClN2O3S2. The first-order valence-corrected chi connectivity index (χ1v) is 10.6. The molecule has 0 aliphatic carbocycles. The number of amides is 1. The van der Waals surface area contributed by atoms with Crippen molar-refractivity contribution in [1.82, 2.24) is 9.21 Å². The predicted octanol–water partition coefficient (Wildman–Crippen LogP) is 3.70. The second kappa shape index (κ2) is 8.31. The molecule has 0 aliphatic rings. The third-order valence-corrected chi connectivity index (χ3v) is 7.07. The molecule has 25 heavy (non-hydrogen) atoms. The Labute approximate surface area is 157 Å². The number of halogens is 1. The highest BCUT2D eigenvalue weighted by atomic mass is 35.5. The minimum absolute atomic E-state index is 0.0773. The second-order valence-electron chi connectivity index (χ2n) is 5.47. The lowest BCUT2D eigenvalue weighted by molar-refractivity contribution is 0.0786. The van der Waals surface area contributed by atoms with Crippen molar-refractivity contribution in [2.75, 3.05) is 20.1 Å². The standard InChI is InChI=1S/C17H21ClN2O3S2/c1-4-20(5-2)25(22,23)14-8-9-16(18)15(11-14)17(21)19(3)12-13-7-6-10-24-13/h6-11H,4-5,12H2,1-3H3. The summed E-state index contributed by atoms with van der Waals surface area (Å²) in [6, 6.07) is 8.12. The van der Waals surface area contributed by atoms with Gasteiger partial charge >= 0.3 is 0 Å². The van der Waals surface area contributed by atoms with Crippen LogP contribution in [-0.4, -0.2) is 43.7 Å². The van der Waals surface area contributed by atoms with Gasteiger partial charge in [0, 0.05) is 25.0 Å². The molecule has 0 unspecified atom stereocenters. The van der Waals surface area contributed by atoms with Crippen LogP contribution in [0.1, 0.15) is 29.1 Å². The van der Waals surface area contributed by atoms with E-state index in [1.165, 1.54) is 27.4 Å². The predicted molar refractivity (Wildman–Crippen MR) is 102 cm³/mol. The zero-order valence-corrected chi connectivity index (χ0v) is 16.8. The Balaban J connectivity index is 2.34. The quantitative estimate of drug-likeness (QED) is 0.711. The molecule has 0 atom stereocenters. The molecule has 5 nitrogen and oxygen atoms in total. The van der Waals surface area contributed by atoms with Crippen LogP contribution in [0.4, 0.5) is 0 Å². The number of nitrogens with zero attached hydrogens (tertiary/aromatic N) is 2. The van der Waals surface area contributed by atoms with Gasteiger partial charge in [-0.15, -0.1) is 11.3 Å². The Morgan fingerprint density at radius 1 is 1.20 bits per heavy atom. The van der Waals surface area contributed by atoms with E-state index in [4.69, 9.17) is 11.6 Å². The maximum atomic E-state index is 12.7. The Kier molecular flexibility index (Phi) is 6.62. The summed E-state index contributed by atoms with van der Waals surface area (Å²) in [5.74, 6) is -0.310. The zero-order chi connectivity index (χ0) is 18.6. The van der Waals surface area contributed by atoms with Gasteiger partial charge in [0.25, 0.3) is 5.91 Å². The first-order valence-electron chi connectivity index (χ1n) is 7.88. The number of benzene rings is 1. The van der Waals surface area contributed by atoms with Gasteiger partial charge in [-0.25, -0.2) is 8.42 Å². The van der Waals surface area contributed by atoms with E-state index < -0.39 is 10.0 Å². The molecule has 136 valence electrons. The van der Waals surface area contributed by atoms with Gasteiger partial charge in [-0.05, 0) is 29.6 Å². The van der Waals surface area contributed by atoms with Gasteiger partial charge in [-0.3, -0.25) is 4.79 Å². The van der Waals surface area contributed by atoms with Gasteiger partial charge in [-0.2, -0.15) is 4.31 Å². The zero-order valence-electron chi connectivity index (χ0n) is 14.4. The highest BCUT2D eigenvalue weighted by Gasteiger charge is 2.24. The van der Waals surface area contributed by atoms with Gasteiger partial charge in [0.1, 0.15) is 0 Å². The lowest BCUT2D eigenvalue weighted by Crippen LogP contribution is -2.31. The van der Waals surface area contributed by atoms with Crippen LogP contribution in [0.2, 0.25) is 5.02 Å². The van der Waals surface area contributed by atoms with E-state index in [0.29, 0.717) is 19.6 Å². The van der Waals surface area contributed by atoms with Crippen LogP contribution in [0.15, 0.2) is 40.6 Å². The molecule has 2 aromatic rings. The molecule has 1 heterocycles. The Morgan fingerprint density at radius 3 is 2.44 bits per heavy atom. The van der Waals surface area contributed by atoms with Crippen LogP contribution in [0.25, 0.3) is 0 Å². The Bertz CT molecular complexity index is 832. The number of rotatable bonds is 7. The van der Waals surface area contributed by atoms with Crippen molar-refractivity contribution < 1.29 is 13.2 Å². The van der Waals surface area contributed by atoms with Crippen LogP contribution in [0, 0.1) is 0 Å². The number of thiophene rings is 1. The SMILES string of the molecule is CCN(CC)S(=O)(=O)c1ccc(Cl)c(C(=O)N(C)Cc2cccs2)c1. The van der Waals surface area contributed by atoms with E-state index in [2.05, 4.69) is 0 Å². The van der Waals surface area contributed by atoms with E-state index in [1.807, 2.05) is 17.5 Å². The van der Waals surface area contributed by atoms with Gasteiger partial charge < -0.3 is 4.90 Å². The molecule has 1 amide bonds. The highest BCUT2D eigenvalue weighted by molar-refractivity contribution is 7.89. The van der Waals surface area contributed by atoms with Gasteiger partial charge in [0.15, 0.2) is 0 Å². The molecule has 0 radical (unpaired) electrons. The first-order chi connectivity index (χ1) is 11.8. The van der Waals surface area contributed by atoms with Crippen LogP contribution in [0.5, 0.6) is 0 Å². The first kappa shape index (κ1) is 19.9. The van der Waals surface area contributed by atoms with E-state index in [0.717, 1.165) is 4.88 Å². The monoisotopic (exact) mass is 400 g/mol. The lowest BCUT2D eigenvalue weighted by Gasteiger charge is -2.20. The maximum Gasteiger partial charge on any atom is 0.255 e. The Hall–Kier alpha value is -1.41. The van der Waals surface area contributed by atoms with Crippen molar-refractivity contribution in [3.63, 3.8) is 0 Å². The smallest absolute Gasteiger partial charge is 0.255 e. The fourth-order valence-corrected chi connectivity index (χ4v) is 4.90. The van der Waals surface area contributed by atoms with Crippen LogP contribution >= 0.6 is 22.9 Å². The molecule has 0 fully saturated rings. The minimum Gasteiger partial charge on any atom is -0.337 e. The fraction of sp³-hybridized carbons (Fsp3) is 0.353. The van der Waals surface area contributed by atoms with Crippen LogP contribution < -0.4 is 0 Å². The van der Waals surface area contributed by atoms with E-state index in [9.17, 15) is 13.2 Å². The Morgan fingerprint density at radius 2 is 1.88 bits per heavy atom. The van der Waals surface area contributed by atoms with E-state index >= 15 is 0 Å². The third kappa shape index (κ3) is 4.41. The third-order valence-electron chi connectivity index (χ3n) is 3.83. The summed E-state index contributed by atoms with van der Waals surface area (Å²) in [6.07, 6.45) is 0. The van der Waals surface area contributed by atoms with Crippen molar-refractivity contribution in [2.24, 2.45) is 0 Å². The largest absolute Gasteiger partial charge is 0.337 e. The molecule has 0 bridgehead atoms. The lowest BCUT2D eigenvalue weighted by atomic mass is 10.2. The summed E-state index contributed by atoms with van der Waals surface area (Å²) in [5.41, 5.74) is 0.189. The molecule has 0 N–H and O–H groups in total. The summed E-state index contributed by atoms with van der Waals surface area (Å²) in [5, 5.41) is 2.18. The van der Waals surface area contributed by atoms with E-state index in [-0.39, 0.29) is 21.4 Å². The summed E-state index contributed by atoms with van der Waals surface area (Å²) < 4.78 is 26.7. The van der Waals surface area contributed by atoms with Crippen molar-refractivity contribution in [2.45, 2.75) is 25.3 Å². The number of hydrogen-bond donors (Lipinski definition) is 0. The van der Waals surface area contributed by atoms with Gasteiger partial charge in [0.05, 0.1) is 22.0 Å². The molecule has 0 saturated carbocycles. The summed E-state index contributed by atoms with van der Waals surface area (Å²) >= 11 is 7.72. The van der Waals surface area contributed by atoms with Gasteiger partial charge in [0.2, 0.25) is 10.0 Å². The topological polar surface area (TPSA) is 57.7 Å². The van der Waals surface area contributed by atoms with Crippen molar-refractivity contribution in [3.8, 4) is 0 Å². The number of carbonyl (C=O) groups is 1. The molecule has 8 heteroatoms. The molecule has 0 spiro atoms. The average molecular weight is 401 g/mol.